The fourth-order valence-corrected chi connectivity index (χ4v) is 2.46. The Balaban J connectivity index is 1.92. The molecule has 0 aliphatic rings. The van der Waals surface area contributed by atoms with Crippen LogP contribution in [-0.4, -0.2) is 29.2 Å². The molecule has 0 aliphatic carbocycles. The summed E-state index contributed by atoms with van der Waals surface area (Å²) in [5, 5.41) is 0.730. The summed E-state index contributed by atoms with van der Waals surface area (Å²) in [6.45, 7) is 3.13. The van der Waals surface area contributed by atoms with E-state index in [9.17, 15) is 4.79 Å². The minimum absolute atomic E-state index is 0.318. The highest BCUT2D eigenvalue weighted by molar-refractivity contribution is 7.15. The molecule has 2 aromatic heterocycles. The van der Waals surface area contributed by atoms with E-state index in [2.05, 4.69) is 4.98 Å². The second kappa shape index (κ2) is 5.68. The highest BCUT2D eigenvalue weighted by Crippen LogP contribution is 2.29. The molecule has 2 rings (SSSR count). The number of imidazole rings is 1. The van der Waals surface area contributed by atoms with Gasteiger partial charge in [-0.3, -0.25) is 0 Å². The van der Waals surface area contributed by atoms with Crippen LogP contribution in [0.2, 0.25) is 0 Å². The quantitative estimate of drug-likeness (QED) is 0.778. The van der Waals surface area contributed by atoms with E-state index in [1.807, 2.05) is 23.8 Å². The molecule has 0 aliphatic heterocycles. The summed E-state index contributed by atoms with van der Waals surface area (Å²) >= 11 is 1.31. The number of carbonyl (C=O) groups is 1. The molecular weight excluding hydrogens is 252 g/mol. The maximum atomic E-state index is 11.4. The molecule has 0 spiro atoms. The van der Waals surface area contributed by atoms with Crippen molar-refractivity contribution < 1.29 is 14.3 Å². The van der Waals surface area contributed by atoms with E-state index in [0.29, 0.717) is 11.5 Å². The summed E-state index contributed by atoms with van der Waals surface area (Å²) in [6, 6.07) is 1.85. The van der Waals surface area contributed by atoms with Crippen LogP contribution in [0, 0.1) is 6.92 Å². The van der Waals surface area contributed by atoms with E-state index >= 15 is 0 Å². The van der Waals surface area contributed by atoms with E-state index < -0.39 is 0 Å². The summed E-state index contributed by atoms with van der Waals surface area (Å²) in [6.07, 6.45) is 5.34. The zero-order valence-electron chi connectivity index (χ0n) is 10.3. The lowest BCUT2D eigenvalue weighted by atomic mass is 10.3. The van der Waals surface area contributed by atoms with E-state index in [4.69, 9.17) is 9.47 Å². The number of aryl methyl sites for hydroxylation is 1. The normalized spacial score (nSPS) is 10.3. The molecular formula is C12H14N2O3S. The Morgan fingerprint density at radius 1 is 1.56 bits per heavy atom. The number of methoxy groups -OCH3 is 1. The van der Waals surface area contributed by atoms with Crippen molar-refractivity contribution in [2.24, 2.45) is 0 Å². The Morgan fingerprint density at radius 2 is 2.39 bits per heavy atom. The second-order valence-electron chi connectivity index (χ2n) is 3.72. The van der Waals surface area contributed by atoms with Gasteiger partial charge in [0.25, 0.3) is 0 Å². The highest BCUT2D eigenvalue weighted by Gasteiger charge is 2.14. The minimum atomic E-state index is -0.318. The van der Waals surface area contributed by atoms with Crippen LogP contribution in [0.5, 0.6) is 5.06 Å². The number of carbonyl (C=O) groups excluding carboxylic acids is 1. The summed E-state index contributed by atoms with van der Waals surface area (Å²) in [4.78, 5) is 16.0. The molecule has 0 amide bonds. The van der Waals surface area contributed by atoms with Crippen molar-refractivity contribution in [2.45, 2.75) is 13.5 Å². The number of hydrogen-bond acceptors (Lipinski definition) is 5. The van der Waals surface area contributed by atoms with Crippen LogP contribution in [0.15, 0.2) is 24.8 Å². The zero-order valence-corrected chi connectivity index (χ0v) is 11.1. The highest BCUT2D eigenvalue weighted by atomic mass is 32.1. The van der Waals surface area contributed by atoms with Gasteiger partial charge in [-0.25, -0.2) is 9.78 Å². The second-order valence-corrected chi connectivity index (χ2v) is 4.73. The predicted octanol–water partition coefficient (Wildman–Crippen LogP) is 2.12. The van der Waals surface area contributed by atoms with Gasteiger partial charge >= 0.3 is 5.97 Å². The molecule has 96 valence electrons. The lowest BCUT2D eigenvalue weighted by Gasteiger charge is -2.03. The smallest absolute Gasteiger partial charge is 0.348 e. The average molecular weight is 266 g/mol. The van der Waals surface area contributed by atoms with Crippen LogP contribution >= 0.6 is 11.3 Å². The first-order valence-electron chi connectivity index (χ1n) is 5.48. The van der Waals surface area contributed by atoms with E-state index in [1.54, 1.807) is 12.5 Å². The van der Waals surface area contributed by atoms with Crippen molar-refractivity contribution in [1.82, 2.24) is 9.55 Å². The largest absolute Gasteiger partial charge is 0.482 e. The molecule has 0 saturated heterocycles. The van der Waals surface area contributed by atoms with Gasteiger partial charge in [-0.1, -0.05) is 11.3 Å². The van der Waals surface area contributed by atoms with Crippen molar-refractivity contribution >= 4 is 17.3 Å². The van der Waals surface area contributed by atoms with Gasteiger partial charge < -0.3 is 14.0 Å². The van der Waals surface area contributed by atoms with Crippen molar-refractivity contribution in [3.63, 3.8) is 0 Å². The molecule has 0 radical (unpaired) electrons. The third kappa shape index (κ3) is 2.89. The first-order chi connectivity index (χ1) is 8.70. The first-order valence-corrected chi connectivity index (χ1v) is 6.29. The molecule has 18 heavy (non-hydrogen) atoms. The molecule has 0 unspecified atom stereocenters. The summed E-state index contributed by atoms with van der Waals surface area (Å²) in [5.74, 6) is -0.318. The Kier molecular flexibility index (Phi) is 3.99. The Morgan fingerprint density at radius 3 is 3.06 bits per heavy atom. The van der Waals surface area contributed by atoms with E-state index in [1.165, 1.54) is 18.4 Å². The lowest BCUT2D eigenvalue weighted by Crippen LogP contribution is -2.05. The summed E-state index contributed by atoms with van der Waals surface area (Å²) < 4.78 is 12.2. The van der Waals surface area contributed by atoms with Crippen LogP contribution < -0.4 is 4.74 Å². The van der Waals surface area contributed by atoms with Gasteiger partial charge in [0.15, 0.2) is 5.06 Å². The van der Waals surface area contributed by atoms with Crippen LogP contribution in [0.1, 0.15) is 15.2 Å². The van der Waals surface area contributed by atoms with Crippen molar-refractivity contribution in [2.75, 3.05) is 13.7 Å². The van der Waals surface area contributed by atoms with Gasteiger partial charge in [0.1, 0.15) is 11.5 Å². The Hall–Kier alpha value is -1.82. The van der Waals surface area contributed by atoms with Crippen molar-refractivity contribution in [3.05, 3.63) is 35.2 Å². The topological polar surface area (TPSA) is 53.4 Å². The maximum absolute atomic E-state index is 11.4. The molecule has 0 atom stereocenters. The van der Waals surface area contributed by atoms with Gasteiger partial charge in [0, 0.05) is 12.4 Å². The SMILES string of the molecule is COC(=O)c1sc(OCCn2ccnc2)cc1C. The number of ether oxygens (including phenoxy) is 2. The van der Waals surface area contributed by atoms with Crippen LogP contribution in [0.4, 0.5) is 0 Å². The Labute approximate surface area is 109 Å². The monoisotopic (exact) mass is 266 g/mol. The number of esters is 1. The van der Waals surface area contributed by atoms with Gasteiger partial charge in [0.05, 0.1) is 20.0 Å². The average Bonchev–Trinajstić information content (AvgIpc) is 2.98. The molecule has 0 fully saturated rings. The van der Waals surface area contributed by atoms with Gasteiger partial charge in [-0.15, -0.1) is 0 Å². The standard InChI is InChI=1S/C12H14N2O3S/c1-9-7-10(18-11(9)12(15)16-2)17-6-5-14-4-3-13-8-14/h3-4,7-8H,5-6H2,1-2H3. The summed E-state index contributed by atoms with van der Waals surface area (Å²) in [5.41, 5.74) is 0.879. The lowest BCUT2D eigenvalue weighted by molar-refractivity contribution is 0.0605. The first kappa shape index (κ1) is 12.6. The fourth-order valence-electron chi connectivity index (χ4n) is 1.49. The molecule has 5 nitrogen and oxygen atoms in total. The number of nitrogens with zero attached hydrogens (tertiary/aromatic N) is 2. The molecule has 0 saturated carbocycles. The minimum Gasteiger partial charge on any atom is -0.482 e. The molecule has 0 aromatic carbocycles. The molecule has 6 heteroatoms. The van der Waals surface area contributed by atoms with Crippen molar-refractivity contribution in [3.8, 4) is 5.06 Å². The fraction of sp³-hybridized carbons (Fsp3) is 0.333. The molecule has 2 heterocycles. The molecule has 0 N–H and O–H groups in total. The van der Waals surface area contributed by atoms with E-state index in [-0.39, 0.29) is 5.97 Å². The zero-order chi connectivity index (χ0) is 13.0. The number of aromatic nitrogens is 2. The van der Waals surface area contributed by atoms with Gasteiger partial charge in [0.2, 0.25) is 0 Å². The maximum Gasteiger partial charge on any atom is 0.348 e. The van der Waals surface area contributed by atoms with Gasteiger partial charge in [-0.2, -0.15) is 0 Å². The van der Waals surface area contributed by atoms with Gasteiger partial charge in [-0.05, 0) is 18.6 Å². The van der Waals surface area contributed by atoms with Crippen LogP contribution in [0.25, 0.3) is 0 Å². The van der Waals surface area contributed by atoms with Crippen LogP contribution in [0.3, 0.4) is 0 Å². The van der Waals surface area contributed by atoms with E-state index in [0.717, 1.165) is 17.2 Å². The number of rotatable bonds is 5. The van der Waals surface area contributed by atoms with Crippen molar-refractivity contribution in [1.29, 1.82) is 0 Å². The molecule has 2 aromatic rings. The molecule has 0 bridgehead atoms. The third-order valence-corrected chi connectivity index (χ3v) is 3.55. The third-order valence-electron chi connectivity index (χ3n) is 2.42. The number of hydrogen-bond donors (Lipinski definition) is 0. The number of thiophene rings is 1. The Bertz CT molecular complexity index is 519. The summed E-state index contributed by atoms with van der Waals surface area (Å²) in [7, 11) is 1.38. The van der Waals surface area contributed by atoms with Crippen LogP contribution in [-0.2, 0) is 11.3 Å². The predicted molar refractivity (Wildman–Crippen MR) is 68.1 cm³/mol.